The lowest BCUT2D eigenvalue weighted by Crippen LogP contribution is -2.26. The van der Waals surface area contributed by atoms with Crippen LogP contribution in [0.25, 0.3) is 0 Å². The Bertz CT molecular complexity index is 647. The summed E-state index contributed by atoms with van der Waals surface area (Å²) in [7, 11) is 1.65. The van der Waals surface area contributed by atoms with E-state index in [1.807, 2.05) is 18.2 Å². The first-order valence-corrected chi connectivity index (χ1v) is 6.89. The van der Waals surface area contributed by atoms with Gasteiger partial charge in [0.05, 0.1) is 0 Å². The highest BCUT2D eigenvalue weighted by molar-refractivity contribution is 6.31. The summed E-state index contributed by atoms with van der Waals surface area (Å²) >= 11 is 6.06. The molecule has 1 amide bonds. The van der Waals surface area contributed by atoms with Gasteiger partial charge in [0.1, 0.15) is 5.75 Å². The predicted octanol–water partition coefficient (Wildman–Crippen LogP) is 4.21. The Morgan fingerprint density at radius 1 is 1.18 bits per heavy atom. The van der Waals surface area contributed by atoms with Gasteiger partial charge in [-0.1, -0.05) is 29.8 Å². The van der Waals surface area contributed by atoms with Crippen LogP contribution in [0.1, 0.15) is 15.9 Å². The van der Waals surface area contributed by atoms with Crippen LogP contribution >= 0.6 is 11.6 Å². The standard InChI is InChI=1S/C16H14ClF2NO2/c1-20(10-12-4-2-3-5-14(12)17)15(21)11-6-8-13(9-7-11)22-16(18)19/h2-9,16H,10H2,1H3. The lowest BCUT2D eigenvalue weighted by molar-refractivity contribution is -0.0498. The van der Waals surface area contributed by atoms with Crippen LogP contribution in [0.3, 0.4) is 0 Å². The Balaban J connectivity index is 2.06. The van der Waals surface area contributed by atoms with Gasteiger partial charge in [0.25, 0.3) is 5.91 Å². The fourth-order valence-corrected chi connectivity index (χ4v) is 2.15. The van der Waals surface area contributed by atoms with Gasteiger partial charge in [-0.05, 0) is 35.9 Å². The molecule has 2 rings (SSSR count). The van der Waals surface area contributed by atoms with Crippen molar-refractivity contribution < 1.29 is 18.3 Å². The van der Waals surface area contributed by atoms with Crippen molar-refractivity contribution in [2.24, 2.45) is 0 Å². The second-order valence-electron chi connectivity index (χ2n) is 4.66. The maximum absolute atomic E-state index is 12.3. The predicted molar refractivity (Wildman–Crippen MR) is 80.3 cm³/mol. The van der Waals surface area contributed by atoms with Crippen molar-refractivity contribution >= 4 is 17.5 Å². The van der Waals surface area contributed by atoms with Crippen molar-refractivity contribution in [3.05, 3.63) is 64.7 Å². The van der Waals surface area contributed by atoms with E-state index in [2.05, 4.69) is 4.74 Å². The molecular weight excluding hydrogens is 312 g/mol. The van der Waals surface area contributed by atoms with Crippen LogP contribution in [0.2, 0.25) is 5.02 Å². The van der Waals surface area contributed by atoms with E-state index in [9.17, 15) is 13.6 Å². The highest BCUT2D eigenvalue weighted by Gasteiger charge is 2.14. The molecule has 0 atom stereocenters. The van der Waals surface area contributed by atoms with Crippen molar-refractivity contribution in [2.45, 2.75) is 13.2 Å². The first-order chi connectivity index (χ1) is 10.5. The second-order valence-corrected chi connectivity index (χ2v) is 5.06. The maximum Gasteiger partial charge on any atom is 0.387 e. The molecule has 6 heteroatoms. The van der Waals surface area contributed by atoms with Crippen LogP contribution in [0.15, 0.2) is 48.5 Å². The molecule has 0 unspecified atom stereocenters. The van der Waals surface area contributed by atoms with E-state index in [1.165, 1.54) is 29.2 Å². The number of hydrogen-bond acceptors (Lipinski definition) is 2. The van der Waals surface area contributed by atoms with Gasteiger partial charge >= 0.3 is 6.61 Å². The van der Waals surface area contributed by atoms with Gasteiger partial charge in [-0.25, -0.2) is 0 Å². The van der Waals surface area contributed by atoms with E-state index in [1.54, 1.807) is 13.1 Å². The minimum Gasteiger partial charge on any atom is -0.435 e. The Kier molecular flexibility index (Phi) is 5.33. The molecule has 0 bridgehead atoms. The number of hydrogen-bond donors (Lipinski definition) is 0. The van der Waals surface area contributed by atoms with Crippen LogP contribution in [0.5, 0.6) is 5.75 Å². The molecule has 3 nitrogen and oxygen atoms in total. The van der Waals surface area contributed by atoms with E-state index < -0.39 is 6.61 Å². The summed E-state index contributed by atoms with van der Waals surface area (Å²) in [5.74, 6) is -0.219. The third kappa shape index (κ3) is 4.18. The zero-order chi connectivity index (χ0) is 16.1. The summed E-state index contributed by atoms with van der Waals surface area (Å²) in [5.41, 5.74) is 1.22. The van der Waals surface area contributed by atoms with Crippen LogP contribution in [-0.4, -0.2) is 24.5 Å². The SMILES string of the molecule is CN(Cc1ccccc1Cl)C(=O)c1ccc(OC(F)F)cc1. The molecule has 0 aliphatic rings. The summed E-state index contributed by atoms with van der Waals surface area (Å²) < 4.78 is 28.4. The third-order valence-electron chi connectivity index (χ3n) is 3.04. The van der Waals surface area contributed by atoms with Crippen molar-refractivity contribution in [1.82, 2.24) is 4.90 Å². The molecule has 0 aromatic heterocycles. The summed E-state index contributed by atoms with van der Waals surface area (Å²) in [6, 6.07) is 12.8. The third-order valence-corrected chi connectivity index (χ3v) is 3.41. The van der Waals surface area contributed by atoms with Gasteiger partial charge in [0.2, 0.25) is 0 Å². The smallest absolute Gasteiger partial charge is 0.387 e. The zero-order valence-electron chi connectivity index (χ0n) is 11.8. The largest absolute Gasteiger partial charge is 0.435 e. The van der Waals surface area contributed by atoms with Gasteiger partial charge in [-0.2, -0.15) is 8.78 Å². The summed E-state index contributed by atoms with van der Waals surface area (Å²) in [4.78, 5) is 13.8. The number of rotatable bonds is 5. The molecule has 0 saturated heterocycles. The van der Waals surface area contributed by atoms with Crippen LogP contribution in [0.4, 0.5) is 8.78 Å². The molecule has 0 heterocycles. The van der Waals surface area contributed by atoms with Crippen molar-refractivity contribution in [2.75, 3.05) is 7.05 Å². The molecule has 0 N–H and O–H groups in total. The fraction of sp³-hybridized carbons (Fsp3) is 0.188. The van der Waals surface area contributed by atoms with Crippen LogP contribution < -0.4 is 4.74 Å². The van der Waals surface area contributed by atoms with Gasteiger partial charge < -0.3 is 9.64 Å². The quantitative estimate of drug-likeness (QED) is 0.824. The van der Waals surface area contributed by atoms with Crippen molar-refractivity contribution in [3.8, 4) is 5.75 Å². The zero-order valence-corrected chi connectivity index (χ0v) is 12.6. The van der Waals surface area contributed by atoms with Crippen LogP contribution in [0, 0.1) is 0 Å². The lowest BCUT2D eigenvalue weighted by Gasteiger charge is -2.18. The number of halogens is 3. The molecule has 0 aliphatic carbocycles. The Morgan fingerprint density at radius 2 is 1.82 bits per heavy atom. The number of nitrogens with zero attached hydrogens (tertiary/aromatic N) is 1. The lowest BCUT2D eigenvalue weighted by atomic mass is 10.1. The van der Waals surface area contributed by atoms with Gasteiger partial charge in [-0.15, -0.1) is 0 Å². The van der Waals surface area contributed by atoms with E-state index >= 15 is 0 Å². The molecule has 22 heavy (non-hydrogen) atoms. The first-order valence-electron chi connectivity index (χ1n) is 6.51. The number of amides is 1. The molecular formula is C16H14ClF2NO2. The molecule has 2 aromatic carbocycles. The van der Waals surface area contributed by atoms with E-state index in [-0.39, 0.29) is 11.7 Å². The number of carbonyl (C=O) groups excluding carboxylic acids is 1. The number of alkyl halides is 2. The highest BCUT2D eigenvalue weighted by atomic mass is 35.5. The number of benzene rings is 2. The summed E-state index contributed by atoms with van der Waals surface area (Å²) in [6.45, 7) is -2.53. The summed E-state index contributed by atoms with van der Waals surface area (Å²) in [6.07, 6.45) is 0. The van der Waals surface area contributed by atoms with Gasteiger partial charge in [-0.3, -0.25) is 4.79 Å². The average molecular weight is 326 g/mol. The monoisotopic (exact) mass is 325 g/mol. The Labute approximate surface area is 132 Å². The first kappa shape index (κ1) is 16.2. The van der Waals surface area contributed by atoms with Gasteiger partial charge in [0.15, 0.2) is 0 Å². The average Bonchev–Trinajstić information content (AvgIpc) is 2.49. The second kappa shape index (κ2) is 7.22. The topological polar surface area (TPSA) is 29.5 Å². The highest BCUT2D eigenvalue weighted by Crippen LogP contribution is 2.19. The van der Waals surface area contributed by atoms with Crippen LogP contribution in [-0.2, 0) is 6.54 Å². The minimum atomic E-state index is -2.88. The molecule has 0 radical (unpaired) electrons. The molecule has 0 aliphatic heterocycles. The molecule has 0 spiro atoms. The normalized spacial score (nSPS) is 10.6. The number of carbonyl (C=O) groups is 1. The van der Waals surface area contributed by atoms with Crippen molar-refractivity contribution in [1.29, 1.82) is 0 Å². The fourth-order valence-electron chi connectivity index (χ4n) is 1.95. The summed E-state index contributed by atoms with van der Waals surface area (Å²) in [5, 5.41) is 0.586. The molecule has 0 fully saturated rings. The van der Waals surface area contributed by atoms with E-state index in [0.29, 0.717) is 17.1 Å². The Morgan fingerprint density at radius 3 is 2.41 bits per heavy atom. The van der Waals surface area contributed by atoms with Crippen molar-refractivity contribution in [3.63, 3.8) is 0 Å². The molecule has 116 valence electrons. The minimum absolute atomic E-state index is 0.0142. The molecule has 0 saturated carbocycles. The molecule has 2 aromatic rings. The number of ether oxygens (including phenoxy) is 1. The van der Waals surface area contributed by atoms with E-state index in [0.717, 1.165) is 5.56 Å². The Hall–Kier alpha value is -2.14. The van der Waals surface area contributed by atoms with Gasteiger partial charge in [0, 0.05) is 24.2 Å². The maximum atomic E-state index is 12.3. The van der Waals surface area contributed by atoms with E-state index in [4.69, 9.17) is 11.6 Å².